The summed E-state index contributed by atoms with van der Waals surface area (Å²) >= 11 is 11.8. The summed E-state index contributed by atoms with van der Waals surface area (Å²) in [4.78, 5) is 0. The maximum atomic E-state index is 7.38. The van der Waals surface area contributed by atoms with E-state index in [1.807, 2.05) is 6.07 Å². The molecule has 0 fully saturated rings. The summed E-state index contributed by atoms with van der Waals surface area (Å²) in [6.45, 7) is 0.514. The summed E-state index contributed by atoms with van der Waals surface area (Å²) in [5.74, 6) is -0.283. The van der Waals surface area contributed by atoms with Gasteiger partial charge < -0.3 is 11.1 Å². The molecule has 0 aliphatic heterocycles. The van der Waals surface area contributed by atoms with Crippen molar-refractivity contribution in [3.63, 3.8) is 0 Å². The molecule has 0 bridgehead atoms. The number of hydrogen-bond donors (Lipinski definition) is 5. The molecule has 17 heavy (non-hydrogen) atoms. The summed E-state index contributed by atoms with van der Waals surface area (Å²) in [6.07, 6.45) is 0.651. The first kappa shape index (κ1) is 13.6. The van der Waals surface area contributed by atoms with Crippen LogP contribution in [0.4, 0.5) is 0 Å². The van der Waals surface area contributed by atoms with Crippen LogP contribution in [0, 0.1) is 10.8 Å². The highest BCUT2D eigenvalue weighted by atomic mass is 35.5. The number of benzene rings is 1. The van der Waals surface area contributed by atoms with Crippen molar-refractivity contribution < 1.29 is 0 Å². The van der Waals surface area contributed by atoms with Gasteiger partial charge in [0.15, 0.2) is 11.9 Å². The Morgan fingerprint density at radius 2 is 2.00 bits per heavy atom. The maximum Gasteiger partial charge on any atom is 0.195 e. The molecule has 1 rings (SSSR count). The van der Waals surface area contributed by atoms with Gasteiger partial charge in [-0.25, -0.2) is 0 Å². The average Bonchev–Trinajstić information content (AvgIpc) is 2.20. The van der Waals surface area contributed by atoms with Crippen molar-refractivity contribution in [2.75, 3.05) is 6.54 Å². The molecule has 0 heterocycles. The van der Waals surface area contributed by atoms with Crippen LogP contribution in [0.1, 0.15) is 5.56 Å². The molecule has 1 aromatic carbocycles. The highest BCUT2D eigenvalue weighted by Gasteiger charge is 2.02. The van der Waals surface area contributed by atoms with Crippen LogP contribution in [0.25, 0.3) is 0 Å². The zero-order chi connectivity index (χ0) is 12.8. The Morgan fingerprint density at radius 3 is 2.59 bits per heavy atom. The molecule has 0 radical (unpaired) electrons. The SMILES string of the molecule is N=C(N)NC(=N)NCCc1ccc(Cl)cc1Cl. The fraction of sp³-hybridized carbons (Fsp3) is 0.200. The fourth-order valence-electron chi connectivity index (χ4n) is 1.23. The molecule has 0 saturated heterocycles. The van der Waals surface area contributed by atoms with Gasteiger partial charge >= 0.3 is 0 Å². The van der Waals surface area contributed by atoms with Crippen molar-refractivity contribution in [3.05, 3.63) is 33.8 Å². The Bertz CT molecular complexity index is 433. The Hall–Kier alpha value is -1.46. The topological polar surface area (TPSA) is 97.8 Å². The van der Waals surface area contributed by atoms with Crippen molar-refractivity contribution in [1.82, 2.24) is 10.6 Å². The number of halogens is 2. The second-order valence-electron chi connectivity index (χ2n) is 3.33. The zero-order valence-electron chi connectivity index (χ0n) is 8.98. The number of guanidine groups is 2. The van der Waals surface area contributed by atoms with Gasteiger partial charge in [-0.1, -0.05) is 29.3 Å². The third kappa shape index (κ3) is 4.93. The van der Waals surface area contributed by atoms with Crippen molar-refractivity contribution in [3.8, 4) is 0 Å². The van der Waals surface area contributed by atoms with E-state index in [-0.39, 0.29) is 11.9 Å². The number of nitrogens with one attached hydrogen (secondary N) is 4. The molecule has 0 aliphatic rings. The van der Waals surface area contributed by atoms with E-state index < -0.39 is 0 Å². The van der Waals surface area contributed by atoms with Crippen molar-refractivity contribution in [2.24, 2.45) is 5.73 Å². The van der Waals surface area contributed by atoms with E-state index in [0.717, 1.165) is 5.56 Å². The molecule has 6 N–H and O–H groups in total. The molecule has 0 amide bonds. The molecule has 0 unspecified atom stereocenters. The van der Waals surface area contributed by atoms with Crippen LogP contribution in [0.2, 0.25) is 10.0 Å². The third-order valence-electron chi connectivity index (χ3n) is 1.97. The Labute approximate surface area is 109 Å². The van der Waals surface area contributed by atoms with E-state index in [4.69, 9.17) is 39.8 Å². The van der Waals surface area contributed by atoms with Crippen LogP contribution >= 0.6 is 23.2 Å². The molecular weight excluding hydrogens is 261 g/mol. The summed E-state index contributed by atoms with van der Waals surface area (Å²) in [5.41, 5.74) is 6.02. The van der Waals surface area contributed by atoms with E-state index >= 15 is 0 Å². The standard InChI is InChI=1S/C10H13Cl2N5/c11-7-2-1-6(8(12)5-7)3-4-16-10(15)17-9(13)14/h1-2,5H,3-4H2,(H6,13,14,15,16,17). The summed E-state index contributed by atoms with van der Waals surface area (Å²) in [7, 11) is 0. The van der Waals surface area contributed by atoms with Gasteiger partial charge in [-0.2, -0.15) is 0 Å². The number of nitrogens with two attached hydrogens (primary N) is 1. The smallest absolute Gasteiger partial charge is 0.195 e. The lowest BCUT2D eigenvalue weighted by atomic mass is 10.1. The average molecular weight is 274 g/mol. The lowest BCUT2D eigenvalue weighted by molar-refractivity contribution is 0.841. The molecule has 5 nitrogen and oxygen atoms in total. The molecule has 0 aliphatic carbocycles. The van der Waals surface area contributed by atoms with Gasteiger partial charge in [-0.3, -0.25) is 16.1 Å². The Kier molecular flexibility index (Phi) is 5.06. The van der Waals surface area contributed by atoms with Gasteiger partial charge in [-0.15, -0.1) is 0 Å². The lowest BCUT2D eigenvalue weighted by Gasteiger charge is -2.09. The molecule has 1 aromatic rings. The first-order chi connectivity index (χ1) is 7.99. The summed E-state index contributed by atoms with van der Waals surface area (Å²) < 4.78 is 0. The summed E-state index contributed by atoms with van der Waals surface area (Å²) in [5, 5.41) is 20.6. The summed E-state index contributed by atoms with van der Waals surface area (Å²) in [6, 6.07) is 5.29. The van der Waals surface area contributed by atoms with E-state index in [1.165, 1.54) is 0 Å². The maximum absolute atomic E-state index is 7.38. The van der Waals surface area contributed by atoms with Crippen LogP contribution in [0.15, 0.2) is 18.2 Å². The van der Waals surface area contributed by atoms with Crippen LogP contribution in [-0.2, 0) is 6.42 Å². The highest BCUT2D eigenvalue weighted by molar-refractivity contribution is 6.35. The molecule has 7 heteroatoms. The van der Waals surface area contributed by atoms with E-state index in [1.54, 1.807) is 12.1 Å². The Morgan fingerprint density at radius 1 is 1.29 bits per heavy atom. The highest BCUT2D eigenvalue weighted by Crippen LogP contribution is 2.20. The molecular formula is C10H13Cl2N5. The number of rotatable bonds is 3. The lowest BCUT2D eigenvalue weighted by Crippen LogP contribution is -2.43. The van der Waals surface area contributed by atoms with Gasteiger partial charge in [0.2, 0.25) is 0 Å². The van der Waals surface area contributed by atoms with Gasteiger partial charge in [0, 0.05) is 16.6 Å². The van der Waals surface area contributed by atoms with E-state index in [9.17, 15) is 0 Å². The van der Waals surface area contributed by atoms with Crippen LogP contribution in [0.5, 0.6) is 0 Å². The van der Waals surface area contributed by atoms with Crippen molar-refractivity contribution in [2.45, 2.75) is 6.42 Å². The minimum atomic E-state index is -0.271. The Balaban J connectivity index is 2.41. The second-order valence-corrected chi connectivity index (χ2v) is 4.17. The molecule has 0 aromatic heterocycles. The van der Waals surface area contributed by atoms with E-state index in [0.29, 0.717) is 23.0 Å². The zero-order valence-corrected chi connectivity index (χ0v) is 10.5. The minimum absolute atomic E-state index is 0.0115. The van der Waals surface area contributed by atoms with Crippen LogP contribution in [-0.4, -0.2) is 18.5 Å². The van der Waals surface area contributed by atoms with Crippen LogP contribution in [0.3, 0.4) is 0 Å². The van der Waals surface area contributed by atoms with Crippen LogP contribution < -0.4 is 16.4 Å². The molecule has 0 spiro atoms. The molecule has 92 valence electrons. The van der Waals surface area contributed by atoms with Gasteiger partial charge in [0.05, 0.1) is 0 Å². The molecule has 0 atom stereocenters. The van der Waals surface area contributed by atoms with Crippen molar-refractivity contribution in [1.29, 1.82) is 10.8 Å². The molecule has 0 saturated carbocycles. The first-order valence-electron chi connectivity index (χ1n) is 4.86. The monoisotopic (exact) mass is 273 g/mol. The quantitative estimate of drug-likeness (QED) is 0.427. The van der Waals surface area contributed by atoms with Gasteiger partial charge in [-0.05, 0) is 24.1 Å². The predicted octanol–water partition coefficient (Wildman–Crippen LogP) is 1.54. The van der Waals surface area contributed by atoms with Gasteiger partial charge in [0.25, 0.3) is 0 Å². The van der Waals surface area contributed by atoms with Crippen molar-refractivity contribution >= 4 is 35.1 Å². The number of hydrogen-bond acceptors (Lipinski definition) is 2. The largest absolute Gasteiger partial charge is 0.370 e. The normalized spacial score (nSPS) is 9.76. The van der Waals surface area contributed by atoms with Gasteiger partial charge in [0.1, 0.15) is 0 Å². The minimum Gasteiger partial charge on any atom is -0.370 e. The first-order valence-corrected chi connectivity index (χ1v) is 5.62. The van der Waals surface area contributed by atoms with E-state index in [2.05, 4.69) is 10.6 Å². The fourth-order valence-corrected chi connectivity index (χ4v) is 1.73. The third-order valence-corrected chi connectivity index (χ3v) is 2.56. The predicted molar refractivity (Wildman–Crippen MR) is 70.9 cm³/mol. The second kappa shape index (κ2) is 6.32.